The minimum Gasteiger partial charge on any atom is -0.478 e. The molecule has 0 aliphatic carbocycles. The smallest absolute Gasteiger partial charge is 0.335 e. The van der Waals surface area contributed by atoms with Gasteiger partial charge in [-0.1, -0.05) is 20.3 Å². The Balaban J connectivity index is 2.70. The topological polar surface area (TPSA) is 40.5 Å². The van der Waals surface area contributed by atoms with Crippen molar-refractivity contribution in [3.05, 3.63) is 29.8 Å². The molecule has 1 aromatic rings. The molecule has 0 aromatic heterocycles. The van der Waals surface area contributed by atoms with Gasteiger partial charge in [0.15, 0.2) is 0 Å². The van der Waals surface area contributed by atoms with Crippen LogP contribution in [0, 0.1) is 5.92 Å². The maximum absolute atomic E-state index is 10.7. The quantitative estimate of drug-likeness (QED) is 0.831. The first kappa shape index (κ1) is 12.6. The molecule has 88 valence electrons. The van der Waals surface area contributed by atoms with Crippen molar-refractivity contribution in [3.63, 3.8) is 0 Å². The Labute approximate surface area is 96.7 Å². The van der Waals surface area contributed by atoms with Gasteiger partial charge in [0, 0.05) is 19.3 Å². The molecule has 0 aliphatic heterocycles. The molecule has 0 bridgehead atoms. The molecule has 3 heteroatoms. The average Bonchev–Trinajstić information content (AvgIpc) is 2.28. The van der Waals surface area contributed by atoms with Gasteiger partial charge in [0.25, 0.3) is 0 Å². The zero-order chi connectivity index (χ0) is 12.1. The standard InChI is InChI=1S/C13H19NO2/c1-4-10(2)9-14(3)12-7-5-11(6-8-12)13(15)16/h5-8,10H,4,9H2,1-3H3,(H,15,16). The van der Waals surface area contributed by atoms with E-state index in [1.54, 1.807) is 12.1 Å². The molecule has 1 aromatic carbocycles. The van der Waals surface area contributed by atoms with Crippen molar-refractivity contribution in [1.82, 2.24) is 0 Å². The largest absolute Gasteiger partial charge is 0.478 e. The second kappa shape index (κ2) is 5.54. The van der Waals surface area contributed by atoms with Gasteiger partial charge in [-0.05, 0) is 30.2 Å². The third-order valence-corrected chi connectivity index (χ3v) is 2.84. The molecular formula is C13H19NO2. The maximum Gasteiger partial charge on any atom is 0.335 e. The van der Waals surface area contributed by atoms with Crippen LogP contribution in [-0.2, 0) is 0 Å². The van der Waals surface area contributed by atoms with E-state index in [0.29, 0.717) is 11.5 Å². The third-order valence-electron chi connectivity index (χ3n) is 2.84. The van der Waals surface area contributed by atoms with Gasteiger partial charge in [-0.25, -0.2) is 4.79 Å². The van der Waals surface area contributed by atoms with E-state index >= 15 is 0 Å². The molecule has 0 saturated carbocycles. The zero-order valence-electron chi connectivity index (χ0n) is 10.1. The van der Waals surface area contributed by atoms with Crippen LogP contribution in [0.3, 0.4) is 0 Å². The van der Waals surface area contributed by atoms with Gasteiger partial charge in [-0.3, -0.25) is 0 Å². The van der Waals surface area contributed by atoms with Crippen molar-refractivity contribution in [2.45, 2.75) is 20.3 Å². The van der Waals surface area contributed by atoms with Crippen LogP contribution in [0.1, 0.15) is 30.6 Å². The molecule has 16 heavy (non-hydrogen) atoms. The summed E-state index contributed by atoms with van der Waals surface area (Å²) in [4.78, 5) is 12.8. The fourth-order valence-electron chi connectivity index (χ4n) is 1.56. The molecule has 3 nitrogen and oxygen atoms in total. The number of carbonyl (C=O) groups is 1. The van der Waals surface area contributed by atoms with Gasteiger partial charge in [0.1, 0.15) is 0 Å². The summed E-state index contributed by atoms with van der Waals surface area (Å²) in [6.07, 6.45) is 1.15. The lowest BCUT2D eigenvalue weighted by Crippen LogP contribution is -2.23. The molecule has 1 N–H and O–H groups in total. The van der Waals surface area contributed by atoms with Crippen LogP contribution in [0.2, 0.25) is 0 Å². The Hall–Kier alpha value is -1.51. The van der Waals surface area contributed by atoms with E-state index in [4.69, 9.17) is 5.11 Å². The van der Waals surface area contributed by atoms with Gasteiger partial charge in [-0.2, -0.15) is 0 Å². The summed E-state index contributed by atoms with van der Waals surface area (Å²) < 4.78 is 0. The highest BCUT2D eigenvalue weighted by Gasteiger charge is 2.07. The lowest BCUT2D eigenvalue weighted by molar-refractivity contribution is 0.0697. The van der Waals surface area contributed by atoms with Crippen LogP contribution >= 0.6 is 0 Å². The average molecular weight is 221 g/mol. The SMILES string of the molecule is CCC(C)CN(C)c1ccc(C(=O)O)cc1. The van der Waals surface area contributed by atoms with Crippen LogP contribution in [0.15, 0.2) is 24.3 Å². The van der Waals surface area contributed by atoms with E-state index in [0.717, 1.165) is 18.7 Å². The van der Waals surface area contributed by atoms with Gasteiger partial charge < -0.3 is 10.0 Å². The van der Waals surface area contributed by atoms with Gasteiger partial charge in [0.2, 0.25) is 0 Å². The highest BCUT2D eigenvalue weighted by atomic mass is 16.4. The summed E-state index contributed by atoms with van der Waals surface area (Å²) in [7, 11) is 2.03. The van der Waals surface area contributed by atoms with Crippen LogP contribution in [-0.4, -0.2) is 24.7 Å². The summed E-state index contributed by atoms with van der Waals surface area (Å²) in [5.41, 5.74) is 1.39. The Morgan fingerprint density at radius 2 is 1.94 bits per heavy atom. The lowest BCUT2D eigenvalue weighted by atomic mass is 10.1. The monoisotopic (exact) mass is 221 g/mol. The number of nitrogens with zero attached hydrogens (tertiary/aromatic N) is 1. The molecule has 1 atom stereocenters. The van der Waals surface area contributed by atoms with E-state index in [9.17, 15) is 4.79 Å². The molecule has 0 spiro atoms. The summed E-state index contributed by atoms with van der Waals surface area (Å²) in [6.45, 7) is 5.37. The fraction of sp³-hybridized carbons (Fsp3) is 0.462. The predicted octanol–water partition coefficient (Wildman–Crippen LogP) is 2.87. The molecular weight excluding hydrogens is 202 g/mol. The molecule has 0 fully saturated rings. The van der Waals surface area contributed by atoms with Crippen molar-refractivity contribution in [2.75, 3.05) is 18.5 Å². The van der Waals surface area contributed by atoms with Crippen molar-refractivity contribution in [2.24, 2.45) is 5.92 Å². The Morgan fingerprint density at radius 1 is 1.38 bits per heavy atom. The van der Waals surface area contributed by atoms with Crippen molar-refractivity contribution in [1.29, 1.82) is 0 Å². The van der Waals surface area contributed by atoms with E-state index in [1.165, 1.54) is 0 Å². The Kier molecular flexibility index (Phi) is 4.35. The van der Waals surface area contributed by atoms with Gasteiger partial charge in [-0.15, -0.1) is 0 Å². The minimum atomic E-state index is -0.879. The van der Waals surface area contributed by atoms with Crippen LogP contribution in [0.25, 0.3) is 0 Å². The maximum atomic E-state index is 10.7. The number of anilines is 1. The van der Waals surface area contributed by atoms with Gasteiger partial charge in [0.05, 0.1) is 5.56 Å². The number of benzene rings is 1. The Morgan fingerprint density at radius 3 is 2.38 bits per heavy atom. The number of carboxylic acid groups (broad SMARTS) is 1. The van der Waals surface area contributed by atoms with E-state index in [-0.39, 0.29) is 0 Å². The molecule has 0 heterocycles. The second-order valence-corrected chi connectivity index (χ2v) is 4.25. The predicted molar refractivity (Wildman–Crippen MR) is 66.1 cm³/mol. The summed E-state index contributed by atoms with van der Waals surface area (Å²) >= 11 is 0. The lowest BCUT2D eigenvalue weighted by Gasteiger charge is -2.22. The zero-order valence-corrected chi connectivity index (χ0v) is 10.1. The van der Waals surface area contributed by atoms with E-state index in [1.807, 2.05) is 19.2 Å². The third kappa shape index (κ3) is 3.26. The molecule has 1 rings (SSSR count). The highest BCUT2D eigenvalue weighted by Crippen LogP contribution is 2.16. The number of aromatic carboxylic acids is 1. The van der Waals surface area contributed by atoms with Crippen molar-refractivity contribution < 1.29 is 9.90 Å². The second-order valence-electron chi connectivity index (χ2n) is 4.25. The summed E-state index contributed by atoms with van der Waals surface area (Å²) in [6, 6.07) is 6.99. The number of rotatable bonds is 5. The molecule has 0 radical (unpaired) electrons. The first-order valence-electron chi connectivity index (χ1n) is 5.59. The van der Waals surface area contributed by atoms with Crippen LogP contribution in [0.4, 0.5) is 5.69 Å². The fourth-order valence-corrected chi connectivity index (χ4v) is 1.56. The number of carboxylic acids is 1. The Bertz CT molecular complexity index is 345. The molecule has 0 aliphatic rings. The van der Waals surface area contributed by atoms with Crippen LogP contribution < -0.4 is 4.90 Å². The van der Waals surface area contributed by atoms with E-state index in [2.05, 4.69) is 18.7 Å². The van der Waals surface area contributed by atoms with E-state index < -0.39 is 5.97 Å². The summed E-state index contributed by atoms with van der Waals surface area (Å²) in [5.74, 6) is -0.236. The normalized spacial score (nSPS) is 12.2. The highest BCUT2D eigenvalue weighted by molar-refractivity contribution is 5.88. The summed E-state index contributed by atoms with van der Waals surface area (Å²) in [5, 5.41) is 8.78. The van der Waals surface area contributed by atoms with Gasteiger partial charge >= 0.3 is 5.97 Å². The first-order valence-corrected chi connectivity index (χ1v) is 5.59. The van der Waals surface area contributed by atoms with Crippen molar-refractivity contribution >= 4 is 11.7 Å². The first-order chi connectivity index (χ1) is 7.54. The van der Waals surface area contributed by atoms with Crippen molar-refractivity contribution in [3.8, 4) is 0 Å². The molecule has 0 amide bonds. The van der Waals surface area contributed by atoms with Crippen LogP contribution in [0.5, 0.6) is 0 Å². The minimum absolute atomic E-state index is 0.334. The molecule has 0 saturated heterocycles. The molecule has 1 unspecified atom stereocenters. The number of hydrogen-bond donors (Lipinski definition) is 1. The number of hydrogen-bond acceptors (Lipinski definition) is 2.